The van der Waals surface area contributed by atoms with E-state index in [2.05, 4.69) is 38.0 Å². The molecule has 6 rings (SSSR count). The molecule has 7 atom stereocenters. The highest BCUT2D eigenvalue weighted by Gasteiger charge is 2.61. The smallest absolute Gasteiger partial charge is 0.410 e. The van der Waals surface area contributed by atoms with Gasteiger partial charge in [0.2, 0.25) is 11.8 Å². The van der Waals surface area contributed by atoms with Crippen molar-refractivity contribution < 1.29 is 38.1 Å². The predicted molar refractivity (Wildman–Crippen MR) is 174 cm³/mol. The van der Waals surface area contributed by atoms with E-state index < -0.39 is 47.5 Å². The van der Waals surface area contributed by atoms with Gasteiger partial charge in [-0.1, -0.05) is 58.2 Å². The molecule has 1 aromatic rings. The Hall–Kier alpha value is -3.51. The number of nitrogens with zero attached hydrogens (tertiary/aromatic N) is 2. The minimum atomic E-state index is -1.47. The Bertz CT molecular complexity index is 1440. The Balaban J connectivity index is 1.19. The lowest BCUT2D eigenvalue weighted by molar-refractivity contribution is -0.147. The number of hydrogen-bond donors (Lipinski definition) is 3. The number of carbonyl (C=O) groups excluding carboxylic acids is 3. The van der Waals surface area contributed by atoms with Crippen molar-refractivity contribution >= 4 is 23.9 Å². The minimum absolute atomic E-state index is 0.00319. The topological polar surface area (TPSA) is 141 Å². The molecule has 3 N–H and O–H groups in total. The molecule has 2 saturated heterocycles. The molecule has 4 fully saturated rings. The van der Waals surface area contributed by atoms with E-state index >= 15 is 0 Å². The quantitative estimate of drug-likeness (QED) is 0.234. The summed E-state index contributed by atoms with van der Waals surface area (Å²) in [6.07, 6.45) is 5.54. The van der Waals surface area contributed by atoms with Crippen molar-refractivity contribution in [2.75, 3.05) is 13.1 Å². The molecular formula is C36H49FN4O7. The first-order valence-electron chi connectivity index (χ1n) is 17.4. The van der Waals surface area contributed by atoms with E-state index in [0.717, 1.165) is 38.6 Å². The first kappa shape index (κ1) is 34.4. The number of aliphatic carboxylic acids is 1. The number of likely N-dealkylation sites (tertiary alicyclic amines) is 1. The fourth-order valence-electron chi connectivity index (χ4n) is 7.82. The molecule has 2 saturated carbocycles. The Labute approximate surface area is 281 Å². The van der Waals surface area contributed by atoms with Crippen LogP contribution >= 0.6 is 0 Å². The van der Waals surface area contributed by atoms with Crippen molar-refractivity contribution in [2.24, 2.45) is 23.2 Å². The number of benzene rings is 1. The van der Waals surface area contributed by atoms with Gasteiger partial charge < -0.3 is 24.8 Å². The second-order valence-electron chi connectivity index (χ2n) is 15.6. The lowest BCUT2D eigenvalue weighted by Crippen LogP contribution is -2.54. The van der Waals surface area contributed by atoms with Gasteiger partial charge in [-0.2, -0.15) is 0 Å². The molecule has 5 aliphatic rings. The molecule has 0 radical (unpaired) electrons. The molecule has 48 heavy (non-hydrogen) atoms. The fourth-order valence-corrected chi connectivity index (χ4v) is 7.82. The summed E-state index contributed by atoms with van der Waals surface area (Å²) >= 11 is 0. The van der Waals surface area contributed by atoms with Crippen LogP contribution in [0.3, 0.4) is 0 Å². The summed E-state index contributed by atoms with van der Waals surface area (Å²) in [6.45, 7) is 11.2. The summed E-state index contributed by atoms with van der Waals surface area (Å²) in [5.41, 5.74) is -0.239. The number of halogens is 1. The summed E-state index contributed by atoms with van der Waals surface area (Å²) in [4.78, 5) is 56.9. The molecule has 4 unspecified atom stereocenters. The van der Waals surface area contributed by atoms with Gasteiger partial charge in [0, 0.05) is 36.9 Å². The van der Waals surface area contributed by atoms with Gasteiger partial charge in [0.1, 0.15) is 29.7 Å². The van der Waals surface area contributed by atoms with Gasteiger partial charge in [0.05, 0.1) is 19.2 Å². The SMILES string of the molecule is C=CC1C[C@]1(NC(=O)[C@@H]1CC(OC(=O)N2Cc3cccc(F)c3C2)CN1C(=O)[C@@H](CC1OC1NCC(C)(C)C)C1CCCCC1)C(=O)O. The third kappa shape index (κ3) is 7.24. The third-order valence-corrected chi connectivity index (χ3v) is 10.8. The molecule has 11 nitrogen and oxygen atoms in total. The molecule has 12 heteroatoms. The molecule has 1 aromatic carbocycles. The van der Waals surface area contributed by atoms with Crippen LogP contribution in [0.1, 0.15) is 83.3 Å². The molecule has 3 heterocycles. The molecule has 3 amide bonds. The highest BCUT2D eigenvalue weighted by atomic mass is 19.1. The van der Waals surface area contributed by atoms with E-state index in [1.807, 2.05) is 0 Å². The molecule has 0 bridgehead atoms. The van der Waals surface area contributed by atoms with Gasteiger partial charge in [0.15, 0.2) is 0 Å². The molecule has 262 valence electrons. The van der Waals surface area contributed by atoms with Crippen LogP contribution in [0.25, 0.3) is 0 Å². The minimum Gasteiger partial charge on any atom is -0.479 e. The summed E-state index contributed by atoms with van der Waals surface area (Å²) in [5, 5.41) is 16.1. The van der Waals surface area contributed by atoms with Crippen LogP contribution in [0.5, 0.6) is 0 Å². The number of carbonyl (C=O) groups is 4. The molecular weight excluding hydrogens is 619 g/mol. The number of carboxylic acids is 1. The Kier molecular flexibility index (Phi) is 9.61. The van der Waals surface area contributed by atoms with Crippen molar-refractivity contribution in [3.05, 3.63) is 47.8 Å². The molecule has 3 aliphatic heterocycles. The Morgan fingerprint density at radius 1 is 1.19 bits per heavy atom. The van der Waals surface area contributed by atoms with Crippen LogP contribution in [-0.4, -0.2) is 81.9 Å². The van der Waals surface area contributed by atoms with E-state index in [-0.39, 0.29) is 67.9 Å². The molecule has 0 spiro atoms. The summed E-state index contributed by atoms with van der Waals surface area (Å²) < 4.78 is 26.2. The fraction of sp³-hybridized carbons (Fsp3) is 0.667. The molecule has 2 aliphatic carbocycles. The number of epoxide rings is 1. The van der Waals surface area contributed by atoms with Crippen molar-refractivity contribution in [3.63, 3.8) is 0 Å². The second kappa shape index (κ2) is 13.4. The summed E-state index contributed by atoms with van der Waals surface area (Å²) in [7, 11) is 0. The zero-order valence-electron chi connectivity index (χ0n) is 28.2. The summed E-state index contributed by atoms with van der Waals surface area (Å²) in [5.74, 6) is -3.00. The van der Waals surface area contributed by atoms with Crippen LogP contribution in [0.2, 0.25) is 0 Å². The van der Waals surface area contributed by atoms with Gasteiger partial charge in [-0.15, -0.1) is 6.58 Å². The highest BCUT2D eigenvalue weighted by Crippen LogP contribution is 2.45. The number of nitrogens with one attached hydrogen (secondary N) is 2. The van der Waals surface area contributed by atoms with Crippen molar-refractivity contribution in [1.29, 1.82) is 0 Å². The molecule has 0 aromatic heterocycles. The van der Waals surface area contributed by atoms with Crippen LogP contribution < -0.4 is 10.6 Å². The van der Waals surface area contributed by atoms with E-state index in [4.69, 9.17) is 9.47 Å². The third-order valence-electron chi connectivity index (χ3n) is 10.8. The zero-order valence-corrected chi connectivity index (χ0v) is 28.2. The Morgan fingerprint density at radius 3 is 2.58 bits per heavy atom. The lowest BCUT2D eigenvalue weighted by atomic mass is 9.77. The van der Waals surface area contributed by atoms with Gasteiger partial charge in [-0.25, -0.2) is 14.0 Å². The number of hydrogen-bond acceptors (Lipinski definition) is 7. The second-order valence-corrected chi connectivity index (χ2v) is 15.6. The van der Waals surface area contributed by atoms with E-state index in [1.165, 1.54) is 21.9 Å². The normalized spacial score (nSPS) is 30.4. The lowest BCUT2D eigenvalue weighted by Gasteiger charge is -2.34. The predicted octanol–water partition coefficient (Wildman–Crippen LogP) is 4.34. The largest absolute Gasteiger partial charge is 0.479 e. The maximum Gasteiger partial charge on any atom is 0.410 e. The maximum absolute atomic E-state index is 14.6. The van der Waals surface area contributed by atoms with Crippen LogP contribution in [0.15, 0.2) is 30.9 Å². The average molecular weight is 669 g/mol. The van der Waals surface area contributed by atoms with Crippen LogP contribution in [0, 0.1) is 29.0 Å². The highest BCUT2D eigenvalue weighted by molar-refractivity contribution is 5.95. The zero-order chi connectivity index (χ0) is 34.4. The van der Waals surface area contributed by atoms with Crippen molar-refractivity contribution in [3.8, 4) is 0 Å². The maximum atomic E-state index is 14.6. The van der Waals surface area contributed by atoms with Gasteiger partial charge in [0.25, 0.3) is 0 Å². The van der Waals surface area contributed by atoms with Crippen molar-refractivity contribution in [1.82, 2.24) is 20.4 Å². The van der Waals surface area contributed by atoms with Gasteiger partial charge >= 0.3 is 12.1 Å². The number of ether oxygens (including phenoxy) is 2. The van der Waals surface area contributed by atoms with E-state index in [0.29, 0.717) is 17.5 Å². The number of rotatable bonds is 11. The number of fused-ring (bicyclic) bond motifs is 1. The Morgan fingerprint density at radius 2 is 1.94 bits per heavy atom. The average Bonchev–Trinajstić information content (AvgIpc) is 3.85. The standard InChI is InChI=1S/C36H49FN4O7/c1-5-23-16-36(23,33(44)45)39-30(42)28-14-24(47-34(46)40-17-22-12-9-13-27(37)26(22)19-40)18-41(28)32(43)25(21-10-7-6-8-11-21)15-29-31(48-29)38-20-35(2,3)4/h5,9,12-13,21,23-25,28-29,31,38H,1,6-8,10-11,14-20H2,2-4H3,(H,39,42)(H,44,45)/t23?,24?,25-,28-,29?,31?,36+/m0/s1. The van der Waals surface area contributed by atoms with Crippen molar-refractivity contribution in [2.45, 2.75) is 115 Å². The van der Waals surface area contributed by atoms with Crippen LogP contribution in [-0.2, 0) is 36.9 Å². The number of amides is 3. The van der Waals surface area contributed by atoms with Gasteiger partial charge in [-0.05, 0) is 48.6 Å². The van der Waals surface area contributed by atoms with E-state index in [9.17, 15) is 28.7 Å². The summed E-state index contributed by atoms with van der Waals surface area (Å²) in [6, 6.07) is 3.71. The van der Waals surface area contributed by atoms with Gasteiger partial charge in [-0.3, -0.25) is 19.8 Å². The first-order valence-corrected chi connectivity index (χ1v) is 17.4. The monoisotopic (exact) mass is 668 g/mol. The number of carboxylic acid groups (broad SMARTS) is 1. The van der Waals surface area contributed by atoms with Crippen LogP contribution in [0.4, 0.5) is 9.18 Å². The first-order chi connectivity index (χ1) is 22.8. The van der Waals surface area contributed by atoms with E-state index in [1.54, 1.807) is 12.1 Å².